The number of ether oxygens (including phenoxy) is 2. The first-order valence-electron chi connectivity index (χ1n) is 24.3. The Morgan fingerprint density at radius 3 is 1.05 bits per heavy atom. The van der Waals surface area contributed by atoms with E-state index in [1.807, 2.05) is 0 Å². The van der Waals surface area contributed by atoms with Crippen molar-refractivity contribution >= 4 is 11.9 Å². The van der Waals surface area contributed by atoms with Crippen molar-refractivity contribution < 1.29 is 29.3 Å². The zero-order valence-corrected chi connectivity index (χ0v) is 37.3. The Morgan fingerprint density at radius 2 is 0.709 bits per heavy atom. The first-order chi connectivity index (χ1) is 27.0. The van der Waals surface area contributed by atoms with E-state index in [4.69, 9.17) is 19.7 Å². The molecule has 55 heavy (non-hydrogen) atoms. The van der Waals surface area contributed by atoms with Crippen LogP contribution in [0.1, 0.15) is 265 Å². The van der Waals surface area contributed by atoms with Gasteiger partial charge in [0.1, 0.15) is 12.7 Å². The lowest BCUT2D eigenvalue weighted by Crippen LogP contribution is -2.21. The second-order valence-electron chi connectivity index (χ2n) is 16.2. The highest BCUT2D eigenvalue weighted by atomic mass is 16.5. The van der Waals surface area contributed by atoms with E-state index in [0.717, 1.165) is 32.1 Å². The molecule has 0 bridgehead atoms. The van der Waals surface area contributed by atoms with E-state index >= 15 is 0 Å². The maximum atomic E-state index is 11.8. The van der Waals surface area contributed by atoms with Crippen LogP contribution in [-0.2, 0) is 19.1 Å². The van der Waals surface area contributed by atoms with E-state index in [1.54, 1.807) is 0 Å². The van der Waals surface area contributed by atoms with E-state index in [9.17, 15) is 9.59 Å². The number of esters is 2. The van der Waals surface area contributed by atoms with Crippen LogP contribution in [0.4, 0.5) is 0 Å². The summed E-state index contributed by atoms with van der Waals surface area (Å²) in [6.45, 7) is 6.95. The molecule has 0 aromatic carbocycles. The third-order valence-electron chi connectivity index (χ3n) is 10.5. The number of aliphatic hydroxyl groups excluding tert-OH is 2. The minimum absolute atomic E-state index is 0.00979. The van der Waals surface area contributed by atoms with Gasteiger partial charge in [-0.05, 0) is 44.9 Å². The molecule has 0 heterocycles. The Labute approximate surface area is 343 Å². The summed E-state index contributed by atoms with van der Waals surface area (Å²) >= 11 is 0. The number of unbranched alkanes of at least 4 members (excludes halogenated alkanes) is 32. The first-order valence-corrected chi connectivity index (χ1v) is 24.3. The average molecular weight is 781 g/mol. The number of carbonyl (C=O) groups is 2. The van der Waals surface area contributed by atoms with Gasteiger partial charge < -0.3 is 19.7 Å². The van der Waals surface area contributed by atoms with Crippen LogP contribution >= 0.6 is 0 Å². The van der Waals surface area contributed by atoms with E-state index in [1.165, 1.54) is 199 Å². The molecule has 328 valence electrons. The predicted molar refractivity (Wildman–Crippen MR) is 237 cm³/mol. The Morgan fingerprint density at radius 1 is 0.418 bits per heavy atom. The Bertz CT molecular complexity index is 768. The average Bonchev–Trinajstić information content (AvgIpc) is 3.19. The molecular formula is C49H96O6. The van der Waals surface area contributed by atoms with Gasteiger partial charge in [-0.25, -0.2) is 0 Å². The minimum Gasteiger partial charge on any atom is -0.466 e. The highest BCUT2D eigenvalue weighted by molar-refractivity contribution is 5.69. The van der Waals surface area contributed by atoms with E-state index in [-0.39, 0.29) is 25.2 Å². The number of hydrogen-bond acceptors (Lipinski definition) is 6. The van der Waals surface area contributed by atoms with E-state index in [2.05, 4.69) is 32.9 Å². The van der Waals surface area contributed by atoms with E-state index < -0.39 is 6.10 Å². The van der Waals surface area contributed by atoms with Crippen LogP contribution in [0, 0.1) is 0 Å². The molecule has 1 atom stereocenters. The van der Waals surface area contributed by atoms with Crippen molar-refractivity contribution in [3.63, 3.8) is 0 Å². The van der Waals surface area contributed by atoms with Crippen molar-refractivity contribution in [1.29, 1.82) is 0 Å². The Kier molecular flexibility index (Phi) is 51.3. The van der Waals surface area contributed by atoms with Crippen molar-refractivity contribution in [3.05, 3.63) is 12.2 Å². The predicted octanol–water partition coefficient (Wildman–Crippen LogP) is 14.9. The van der Waals surface area contributed by atoms with Gasteiger partial charge in [0.2, 0.25) is 0 Å². The molecule has 0 aromatic heterocycles. The minimum atomic E-state index is -0.954. The monoisotopic (exact) mass is 781 g/mol. The quantitative estimate of drug-likeness (QED) is 0.0364. The fourth-order valence-electron chi connectivity index (χ4n) is 6.79. The van der Waals surface area contributed by atoms with Crippen LogP contribution in [0.3, 0.4) is 0 Å². The molecule has 0 aliphatic carbocycles. The molecule has 0 radical (unpaired) electrons. The number of rotatable bonds is 43. The van der Waals surface area contributed by atoms with Crippen molar-refractivity contribution in [2.75, 3.05) is 19.8 Å². The summed E-state index contributed by atoms with van der Waals surface area (Å²) in [5.74, 6) is -0.266. The van der Waals surface area contributed by atoms with Crippen molar-refractivity contribution in [3.8, 4) is 0 Å². The highest BCUT2D eigenvalue weighted by Gasteiger charge is 2.07. The summed E-state index contributed by atoms with van der Waals surface area (Å²) in [4.78, 5) is 23.1. The molecule has 6 nitrogen and oxygen atoms in total. The largest absolute Gasteiger partial charge is 0.466 e. The summed E-state index contributed by atoms with van der Waals surface area (Å²) < 4.78 is 10.2. The second kappa shape index (κ2) is 50.6. The van der Waals surface area contributed by atoms with Crippen molar-refractivity contribution in [2.24, 2.45) is 0 Å². The molecule has 0 spiro atoms. The van der Waals surface area contributed by atoms with Crippen molar-refractivity contribution in [2.45, 2.75) is 271 Å². The number of aliphatic hydroxyl groups is 2. The lowest BCUT2D eigenvalue weighted by molar-refractivity contribution is -0.147. The van der Waals surface area contributed by atoms with Gasteiger partial charge in [0.25, 0.3) is 0 Å². The lowest BCUT2D eigenvalue weighted by atomic mass is 10.0. The SMILES string of the molecule is CCCCCCCCC=CCCCCCCCC(=O)OCCCCCCCCCC.CCCCCCCCCCCCCCCCCC(=O)OCC(O)CO. The Balaban J connectivity index is 0. The zero-order valence-electron chi connectivity index (χ0n) is 37.3. The molecule has 0 aromatic rings. The molecule has 0 amide bonds. The van der Waals surface area contributed by atoms with Crippen LogP contribution in [0.2, 0.25) is 0 Å². The Hall–Kier alpha value is -1.40. The van der Waals surface area contributed by atoms with E-state index in [0.29, 0.717) is 19.4 Å². The molecule has 0 aliphatic rings. The van der Waals surface area contributed by atoms with Crippen LogP contribution in [-0.4, -0.2) is 48.1 Å². The number of carbonyl (C=O) groups excluding carboxylic acids is 2. The number of hydrogen-bond donors (Lipinski definition) is 2. The normalized spacial score (nSPS) is 11.8. The van der Waals surface area contributed by atoms with Gasteiger partial charge in [-0.15, -0.1) is 0 Å². The van der Waals surface area contributed by atoms with Crippen LogP contribution in [0.15, 0.2) is 12.2 Å². The van der Waals surface area contributed by atoms with Crippen LogP contribution in [0.5, 0.6) is 0 Å². The third-order valence-corrected chi connectivity index (χ3v) is 10.5. The van der Waals surface area contributed by atoms with Gasteiger partial charge in [-0.3, -0.25) is 9.59 Å². The maximum absolute atomic E-state index is 11.8. The highest BCUT2D eigenvalue weighted by Crippen LogP contribution is 2.15. The van der Waals surface area contributed by atoms with Crippen molar-refractivity contribution in [1.82, 2.24) is 0 Å². The standard InChI is InChI=1S/C28H54O2.C21H42O4/c1-3-5-7-9-11-13-14-15-16-17-18-19-20-22-24-26-28(29)30-27-25-23-21-12-10-8-6-4-2;1-2-3-4-5-6-7-8-9-10-11-12-13-14-15-16-17-21(24)25-19-20(23)18-22/h15-16H,3-14,17-27H2,1-2H3;20,22-23H,2-19H2,1H3. The molecule has 0 fully saturated rings. The second-order valence-corrected chi connectivity index (χ2v) is 16.2. The van der Waals surface area contributed by atoms with Crippen LogP contribution < -0.4 is 0 Å². The molecule has 1 unspecified atom stereocenters. The summed E-state index contributed by atoms with van der Waals surface area (Å²) in [5.41, 5.74) is 0. The van der Waals surface area contributed by atoms with Gasteiger partial charge in [-0.2, -0.15) is 0 Å². The smallest absolute Gasteiger partial charge is 0.305 e. The summed E-state index contributed by atoms with van der Waals surface area (Å²) in [6, 6.07) is 0. The first kappa shape index (κ1) is 55.7. The molecular weight excluding hydrogens is 685 g/mol. The summed E-state index contributed by atoms with van der Waals surface area (Å²) in [5, 5.41) is 17.7. The fourth-order valence-corrected chi connectivity index (χ4v) is 6.79. The van der Waals surface area contributed by atoms with Gasteiger partial charge >= 0.3 is 11.9 Å². The third kappa shape index (κ3) is 52.6. The molecule has 0 saturated heterocycles. The topological polar surface area (TPSA) is 93.1 Å². The lowest BCUT2D eigenvalue weighted by Gasteiger charge is -2.08. The molecule has 6 heteroatoms. The van der Waals surface area contributed by atoms with Crippen LogP contribution in [0.25, 0.3) is 0 Å². The maximum Gasteiger partial charge on any atom is 0.305 e. The zero-order chi connectivity index (χ0) is 40.6. The molecule has 0 rings (SSSR count). The molecule has 0 aliphatic heterocycles. The summed E-state index contributed by atoms with van der Waals surface area (Å²) in [7, 11) is 0. The summed E-state index contributed by atoms with van der Waals surface area (Å²) in [6.07, 6.45) is 51.4. The van der Waals surface area contributed by atoms with Gasteiger partial charge in [-0.1, -0.05) is 219 Å². The number of allylic oxidation sites excluding steroid dienone is 2. The fraction of sp³-hybridized carbons (Fsp3) is 0.918. The molecule has 2 N–H and O–H groups in total. The van der Waals surface area contributed by atoms with Gasteiger partial charge in [0.05, 0.1) is 13.2 Å². The molecule has 0 saturated carbocycles. The van der Waals surface area contributed by atoms with Gasteiger partial charge in [0, 0.05) is 12.8 Å². The van der Waals surface area contributed by atoms with Gasteiger partial charge in [0.15, 0.2) is 0 Å².